The van der Waals surface area contributed by atoms with Crippen molar-refractivity contribution in [2.24, 2.45) is 0 Å². The summed E-state index contributed by atoms with van der Waals surface area (Å²) in [6, 6.07) is 6.24. The smallest absolute Gasteiger partial charge is 0.338 e. The molecule has 170 valence electrons. The summed E-state index contributed by atoms with van der Waals surface area (Å²) < 4.78 is 25.1. The van der Waals surface area contributed by atoms with Crippen molar-refractivity contribution >= 4 is 38.3 Å². The summed E-state index contributed by atoms with van der Waals surface area (Å²) in [7, 11) is -7.87. The molecule has 32 heavy (non-hydrogen) atoms. The van der Waals surface area contributed by atoms with E-state index < -0.39 is 21.0 Å². The molecule has 3 aromatic rings. The Hall–Kier alpha value is -2.22. The van der Waals surface area contributed by atoms with Crippen LogP contribution in [0.1, 0.15) is 68.3 Å². The second-order valence-electron chi connectivity index (χ2n) is 8.34. The molecular formula is C20H26N5O5P2+. The molecule has 2 aromatic heterocycles. The predicted octanol–water partition coefficient (Wildman–Crippen LogP) is 4.72. The van der Waals surface area contributed by atoms with E-state index in [9.17, 15) is 23.8 Å². The lowest BCUT2D eigenvalue weighted by atomic mass is 10.1. The third kappa shape index (κ3) is 4.60. The molecule has 2 unspecified atom stereocenters. The zero-order valence-electron chi connectivity index (χ0n) is 17.8. The summed E-state index contributed by atoms with van der Waals surface area (Å²) in [5.41, 5.74) is 2.10. The van der Waals surface area contributed by atoms with Gasteiger partial charge in [-0.2, -0.15) is 4.89 Å². The molecule has 2 atom stereocenters. The monoisotopic (exact) mass is 478 g/mol. The molecule has 1 fully saturated rings. The predicted molar refractivity (Wildman–Crippen MR) is 121 cm³/mol. The number of fused-ring (bicyclic) bond motifs is 1. The minimum Gasteiger partial charge on any atom is -0.338 e. The second-order valence-corrected chi connectivity index (χ2v) is 11.6. The van der Waals surface area contributed by atoms with Crippen molar-refractivity contribution in [1.82, 2.24) is 19.5 Å². The van der Waals surface area contributed by atoms with Gasteiger partial charge in [0, 0.05) is 23.2 Å². The van der Waals surface area contributed by atoms with Crippen molar-refractivity contribution in [3.8, 4) is 0 Å². The molecule has 4 rings (SSSR count). The van der Waals surface area contributed by atoms with Crippen LogP contribution in [-0.4, -0.2) is 34.2 Å². The van der Waals surface area contributed by atoms with Gasteiger partial charge in [0.2, 0.25) is 0 Å². The second kappa shape index (κ2) is 8.96. The van der Waals surface area contributed by atoms with Crippen LogP contribution < -0.4 is 5.32 Å². The summed E-state index contributed by atoms with van der Waals surface area (Å²) in [5, 5.41) is 1.48. The molecule has 1 saturated carbocycles. The number of imidazole rings is 1. The van der Waals surface area contributed by atoms with Crippen molar-refractivity contribution in [3.05, 3.63) is 42.0 Å². The van der Waals surface area contributed by atoms with Crippen LogP contribution in [0.4, 0.5) is 11.5 Å². The molecule has 0 radical (unpaired) electrons. The molecule has 1 aliphatic carbocycles. The Bertz CT molecular complexity index is 1190. The largest absolute Gasteiger partial charge is 0.526 e. The number of benzene rings is 1. The molecule has 10 nitrogen and oxygen atoms in total. The molecule has 1 aromatic carbocycles. The van der Waals surface area contributed by atoms with Crippen LogP contribution >= 0.6 is 15.6 Å². The fourth-order valence-corrected chi connectivity index (χ4v) is 6.11. The van der Waals surface area contributed by atoms with Crippen LogP contribution in [0.5, 0.6) is 0 Å². The Morgan fingerprint density at radius 1 is 1.16 bits per heavy atom. The van der Waals surface area contributed by atoms with Gasteiger partial charge >= 0.3 is 21.0 Å². The Balaban J connectivity index is 1.70. The summed E-state index contributed by atoms with van der Waals surface area (Å²) in [6.45, 7) is 4.13. The lowest BCUT2D eigenvalue weighted by Gasteiger charge is -2.14. The maximum atomic E-state index is 11.6. The first kappa shape index (κ1) is 23.0. The Morgan fingerprint density at radius 3 is 2.38 bits per heavy atom. The van der Waals surface area contributed by atoms with Gasteiger partial charge in [0.05, 0.1) is 6.33 Å². The number of hydrogen-bond acceptors (Lipinski definition) is 6. The fourth-order valence-electron chi connectivity index (χ4n) is 4.09. The van der Waals surface area contributed by atoms with E-state index in [1.165, 1.54) is 12.1 Å². The molecule has 4 N–H and O–H groups in total. The number of aromatic nitrogens is 4. The fraction of sp³-hybridized carbons (Fsp3) is 0.450. The minimum atomic E-state index is -4.78. The topological polar surface area (TPSA) is 150 Å². The van der Waals surface area contributed by atoms with E-state index in [2.05, 4.69) is 24.1 Å². The van der Waals surface area contributed by atoms with Gasteiger partial charge in [-0.05, 0) is 43.4 Å². The third-order valence-corrected chi connectivity index (χ3v) is 8.86. The van der Waals surface area contributed by atoms with Crippen LogP contribution in [0.15, 0.2) is 30.6 Å². The van der Waals surface area contributed by atoms with Gasteiger partial charge in [-0.1, -0.05) is 25.0 Å². The van der Waals surface area contributed by atoms with E-state index in [1.807, 2.05) is 4.57 Å². The molecule has 0 bridgehead atoms. The zero-order valence-corrected chi connectivity index (χ0v) is 19.6. The number of rotatable bonds is 7. The van der Waals surface area contributed by atoms with Crippen LogP contribution in [0, 0.1) is 0 Å². The van der Waals surface area contributed by atoms with E-state index in [0.717, 1.165) is 37.2 Å². The number of nitrogens with zero attached hydrogens (tertiary/aromatic N) is 4. The maximum absolute atomic E-state index is 11.6. The van der Waals surface area contributed by atoms with Gasteiger partial charge in [-0.15, -0.1) is 0 Å². The van der Waals surface area contributed by atoms with Crippen molar-refractivity contribution in [2.45, 2.75) is 56.9 Å². The van der Waals surface area contributed by atoms with Crippen LogP contribution in [0.3, 0.4) is 0 Å². The van der Waals surface area contributed by atoms with E-state index in [4.69, 9.17) is 9.97 Å². The quantitative estimate of drug-likeness (QED) is 0.354. The van der Waals surface area contributed by atoms with Gasteiger partial charge in [0.25, 0.3) is 0 Å². The molecule has 0 amide bonds. The molecular weight excluding hydrogens is 452 g/mol. The SMILES string of the molecule is CC(C)n1cnc2c(Nc3ccc(C([P+](=O)O)P(=O)(O)O)cc3)nc(C3CCCC3)nc21. The molecule has 1 aliphatic rings. The highest BCUT2D eigenvalue weighted by atomic mass is 31.2. The highest BCUT2D eigenvalue weighted by Gasteiger charge is 2.46. The van der Waals surface area contributed by atoms with Crippen LogP contribution in [0.25, 0.3) is 11.2 Å². The van der Waals surface area contributed by atoms with Crippen molar-refractivity contribution in [1.29, 1.82) is 0 Å². The first-order valence-corrected chi connectivity index (χ1v) is 13.4. The first-order valence-electron chi connectivity index (χ1n) is 10.5. The molecule has 12 heteroatoms. The van der Waals surface area contributed by atoms with E-state index in [0.29, 0.717) is 22.9 Å². The van der Waals surface area contributed by atoms with Crippen LogP contribution in [0.2, 0.25) is 0 Å². The Kier molecular flexibility index (Phi) is 6.43. The summed E-state index contributed by atoms with van der Waals surface area (Å²) >= 11 is 0. The lowest BCUT2D eigenvalue weighted by Crippen LogP contribution is -2.08. The number of anilines is 2. The van der Waals surface area contributed by atoms with Gasteiger partial charge in [-0.3, -0.25) is 4.57 Å². The van der Waals surface area contributed by atoms with Gasteiger partial charge in [0.1, 0.15) is 5.82 Å². The highest BCUT2D eigenvalue weighted by molar-refractivity contribution is 7.64. The summed E-state index contributed by atoms with van der Waals surface area (Å²) in [6.07, 6.45) is 6.18. The standard InChI is InChI=1S/C20H25N5O5P2/c1-12(2)25-11-21-16-18(23-17(24-19(16)25)13-5-3-4-6-13)22-15-9-7-14(8-10-15)20(31(26)27)32(28,29)30/h7-13,20H,3-6H2,1-2H3,(H3-,22,23,24,26,27,28,29,30)/p+1. The van der Waals surface area contributed by atoms with Crippen molar-refractivity contribution in [3.63, 3.8) is 0 Å². The molecule has 0 spiro atoms. The first-order chi connectivity index (χ1) is 15.1. The molecule has 2 heterocycles. The lowest BCUT2D eigenvalue weighted by molar-refractivity contribution is 0.366. The normalized spacial score (nSPS) is 16.6. The molecule has 0 saturated heterocycles. The average molecular weight is 478 g/mol. The van der Waals surface area contributed by atoms with Gasteiger partial charge in [-0.25, -0.2) is 15.0 Å². The van der Waals surface area contributed by atoms with E-state index in [-0.39, 0.29) is 11.6 Å². The zero-order chi connectivity index (χ0) is 23.0. The van der Waals surface area contributed by atoms with Crippen molar-refractivity contribution in [2.75, 3.05) is 5.32 Å². The number of nitrogens with one attached hydrogen (secondary N) is 1. The highest BCUT2D eigenvalue weighted by Crippen LogP contribution is 2.62. The summed E-state index contributed by atoms with van der Waals surface area (Å²) in [4.78, 5) is 42.3. The minimum absolute atomic E-state index is 0.0936. The Labute approximate surface area is 186 Å². The van der Waals surface area contributed by atoms with Crippen molar-refractivity contribution < 1.29 is 23.8 Å². The average Bonchev–Trinajstić information content (AvgIpc) is 3.38. The van der Waals surface area contributed by atoms with Gasteiger partial charge in [0.15, 0.2) is 17.0 Å². The molecule has 0 aliphatic heterocycles. The summed E-state index contributed by atoms with van der Waals surface area (Å²) in [5.74, 6) is 1.65. The van der Waals surface area contributed by atoms with Crippen LogP contribution in [-0.2, 0) is 9.13 Å². The maximum Gasteiger partial charge on any atom is 0.526 e. The number of hydrogen-bond donors (Lipinski definition) is 4. The third-order valence-electron chi connectivity index (χ3n) is 5.71. The van der Waals surface area contributed by atoms with E-state index >= 15 is 0 Å². The Morgan fingerprint density at radius 2 is 1.81 bits per heavy atom. The van der Waals surface area contributed by atoms with E-state index in [1.54, 1.807) is 18.5 Å². The van der Waals surface area contributed by atoms with Gasteiger partial charge < -0.3 is 19.7 Å².